The molecule has 0 saturated heterocycles. The number of aliphatic imine (C=N–C) groups is 1. The van der Waals surface area contributed by atoms with E-state index >= 15 is 0 Å². The summed E-state index contributed by atoms with van der Waals surface area (Å²) in [6.45, 7) is 14.4. The highest BCUT2D eigenvalue weighted by molar-refractivity contribution is 6.38. The Kier molecular flexibility index (Phi) is 18.5. The SMILES string of the molecule is CC.CC.CC1CCCCC1.CCCN(CC(C)=O)C(=O)C(C)=Nc1c(C)cc(C2CC2)cc1OC(F)F. The fourth-order valence-corrected chi connectivity index (χ4v) is 4.30. The van der Waals surface area contributed by atoms with Gasteiger partial charge < -0.3 is 9.64 Å². The normalized spacial score (nSPS) is 15.2. The number of benzene rings is 1. The number of halogens is 2. The number of carbonyl (C=O) groups is 2. The number of rotatable bonds is 9. The van der Waals surface area contributed by atoms with Gasteiger partial charge in [0.1, 0.15) is 17.2 Å². The van der Waals surface area contributed by atoms with Gasteiger partial charge in [0.25, 0.3) is 5.91 Å². The number of aryl methyl sites for hydroxylation is 1. The minimum absolute atomic E-state index is 0.000472. The van der Waals surface area contributed by atoms with Gasteiger partial charge in [0, 0.05) is 6.54 Å². The van der Waals surface area contributed by atoms with E-state index in [1.807, 2.05) is 40.7 Å². The van der Waals surface area contributed by atoms with Gasteiger partial charge in [-0.15, -0.1) is 0 Å². The fraction of sp³-hybridized carbons (Fsp3) is 0.710. The number of hydrogen-bond acceptors (Lipinski definition) is 4. The van der Waals surface area contributed by atoms with Gasteiger partial charge >= 0.3 is 6.61 Å². The molecule has 0 bridgehead atoms. The van der Waals surface area contributed by atoms with E-state index in [4.69, 9.17) is 0 Å². The molecule has 5 nitrogen and oxygen atoms in total. The second kappa shape index (κ2) is 19.7. The van der Waals surface area contributed by atoms with E-state index in [2.05, 4.69) is 16.7 Å². The van der Waals surface area contributed by atoms with Crippen LogP contribution in [-0.2, 0) is 9.59 Å². The Balaban J connectivity index is 0.00000105. The molecule has 0 unspecified atom stereocenters. The van der Waals surface area contributed by atoms with Crippen LogP contribution >= 0.6 is 0 Å². The molecule has 7 heteroatoms. The van der Waals surface area contributed by atoms with Crippen molar-refractivity contribution in [1.29, 1.82) is 0 Å². The number of alkyl halides is 2. The van der Waals surface area contributed by atoms with E-state index in [1.54, 1.807) is 13.0 Å². The Bertz CT molecular complexity index is 861. The van der Waals surface area contributed by atoms with Crippen LogP contribution < -0.4 is 4.74 Å². The Labute approximate surface area is 230 Å². The number of Topliss-reactive ketones (excluding diaryl/α,β-unsaturated/α-hetero) is 1. The molecule has 0 aromatic heterocycles. The molecule has 2 saturated carbocycles. The van der Waals surface area contributed by atoms with Crippen LogP contribution in [0.4, 0.5) is 14.5 Å². The number of nitrogens with zero attached hydrogens (tertiary/aromatic N) is 2. The molecule has 2 aliphatic rings. The zero-order valence-electron chi connectivity index (χ0n) is 25.3. The average molecular weight is 539 g/mol. The zero-order chi connectivity index (χ0) is 29.3. The standard InChI is InChI=1S/C20H26F2N2O3.C7H14.2C2H6/c1-5-8-24(11-13(3)25)19(26)14(4)23-18-12(2)9-16(15-6-7-15)10-17(18)27-20(21)22;1-7-5-3-2-4-6-7;2*1-2/h9-10,15,20H,5-8,11H2,1-4H3;7H,2-6H2,1H3;2*1-2H3. The predicted octanol–water partition coefficient (Wildman–Crippen LogP) is 9.03. The van der Waals surface area contributed by atoms with Gasteiger partial charge in [-0.25, -0.2) is 4.99 Å². The van der Waals surface area contributed by atoms with Crippen LogP contribution in [0.25, 0.3) is 0 Å². The molecule has 218 valence electrons. The third-order valence-electron chi connectivity index (χ3n) is 6.23. The van der Waals surface area contributed by atoms with Crippen molar-refractivity contribution in [3.63, 3.8) is 0 Å². The largest absolute Gasteiger partial charge is 0.433 e. The van der Waals surface area contributed by atoms with Gasteiger partial charge in [-0.1, -0.05) is 79.7 Å². The Morgan fingerprint density at radius 1 is 1.03 bits per heavy atom. The highest BCUT2D eigenvalue weighted by Gasteiger charge is 2.26. The minimum atomic E-state index is -2.97. The summed E-state index contributed by atoms with van der Waals surface area (Å²) in [5.41, 5.74) is 1.99. The first-order chi connectivity index (χ1) is 18.1. The van der Waals surface area contributed by atoms with Crippen LogP contribution in [0.3, 0.4) is 0 Å². The average Bonchev–Trinajstić information content (AvgIpc) is 3.73. The summed E-state index contributed by atoms with van der Waals surface area (Å²) in [5.74, 6) is 0.874. The summed E-state index contributed by atoms with van der Waals surface area (Å²) in [7, 11) is 0. The molecule has 1 amide bonds. The lowest BCUT2D eigenvalue weighted by molar-refractivity contribution is -0.129. The third-order valence-corrected chi connectivity index (χ3v) is 6.23. The predicted molar refractivity (Wildman–Crippen MR) is 155 cm³/mol. The monoisotopic (exact) mass is 538 g/mol. The van der Waals surface area contributed by atoms with Crippen LogP contribution in [-0.4, -0.2) is 42.0 Å². The first kappa shape index (κ1) is 35.7. The number of carbonyl (C=O) groups excluding carboxylic acids is 2. The lowest BCUT2D eigenvalue weighted by atomic mass is 9.91. The van der Waals surface area contributed by atoms with E-state index in [9.17, 15) is 18.4 Å². The van der Waals surface area contributed by atoms with Crippen molar-refractivity contribution in [2.24, 2.45) is 10.9 Å². The van der Waals surface area contributed by atoms with Gasteiger partial charge in [0.15, 0.2) is 5.75 Å². The molecule has 0 spiro atoms. The zero-order valence-corrected chi connectivity index (χ0v) is 25.3. The number of ketones is 1. The van der Waals surface area contributed by atoms with Crippen molar-refractivity contribution in [2.75, 3.05) is 13.1 Å². The van der Waals surface area contributed by atoms with Crippen LogP contribution in [0.15, 0.2) is 17.1 Å². The summed E-state index contributed by atoms with van der Waals surface area (Å²) in [5, 5.41) is 0. The van der Waals surface area contributed by atoms with Crippen molar-refractivity contribution in [2.45, 2.75) is 126 Å². The van der Waals surface area contributed by atoms with E-state index in [-0.39, 0.29) is 35.4 Å². The Morgan fingerprint density at radius 3 is 2.03 bits per heavy atom. The summed E-state index contributed by atoms with van der Waals surface area (Å²) >= 11 is 0. The molecule has 1 aromatic rings. The highest BCUT2D eigenvalue weighted by atomic mass is 19.3. The number of ether oxygens (including phenoxy) is 1. The van der Waals surface area contributed by atoms with E-state index in [1.165, 1.54) is 50.9 Å². The van der Waals surface area contributed by atoms with E-state index in [0.29, 0.717) is 24.4 Å². The van der Waals surface area contributed by atoms with Crippen molar-refractivity contribution >= 4 is 23.1 Å². The van der Waals surface area contributed by atoms with Crippen LogP contribution in [0.2, 0.25) is 0 Å². The van der Waals surface area contributed by atoms with Crippen molar-refractivity contribution < 1.29 is 23.1 Å². The van der Waals surface area contributed by atoms with Gasteiger partial charge in [-0.3, -0.25) is 9.59 Å². The molecular formula is C31H52F2N2O3. The molecule has 0 N–H and O–H groups in total. The molecule has 3 rings (SSSR count). The molecular weight excluding hydrogens is 486 g/mol. The molecule has 38 heavy (non-hydrogen) atoms. The minimum Gasteiger partial charge on any atom is -0.433 e. The molecule has 0 aliphatic heterocycles. The van der Waals surface area contributed by atoms with Crippen molar-refractivity contribution in [3.8, 4) is 5.75 Å². The molecule has 0 heterocycles. The Hall–Kier alpha value is -2.31. The summed E-state index contributed by atoms with van der Waals surface area (Å²) in [6.07, 6.45) is 10.2. The van der Waals surface area contributed by atoms with Crippen LogP contribution in [0.1, 0.15) is 124 Å². The highest BCUT2D eigenvalue weighted by Crippen LogP contribution is 2.44. The van der Waals surface area contributed by atoms with Gasteiger partial charge in [0.2, 0.25) is 0 Å². The summed E-state index contributed by atoms with van der Waals surface area (Å²) < 4.78 is 30.4. The topological polar surface area (TPSA) is 59.0 Å². The number of amides is 1. The van der Waals surface area contributed by atoms with Gasteiger partial charge in [-0.2, -0.15) is 8.78 Å². The maximum atomic E-state index is 12.9. The summed E-state index contributed by atoms with van der Waals surface area (Å²) in [6, 6.07) is 3.50. The van der Waals surface area contributed by atoms with Crippen LogP contribution in [0, 0.1) is 12.8 Å². The lowest BCUT2D eigenvalue weighted by Gasteiger charge is -2.21. The molecule has 0 atom stereocenters. The Morgan fingerprint density at radius 2 is 1.61 bits per heavy atom. The van der Waals surface area contributed by atoms with E-state index < -0.39 is 6.61 Å². The molecule has 0 radical (unpaired) electrons. The van der Waals surface area contributed by atoms with E-state index in [0.717, 1.165) is 24.3 Å². The van der Waals surface area contributed by atoms with Gasteiger partial charge in [-0.05, 0) is 69.1 Å². The van der Waals surface area contributed by atoms with Crippen molar-refractivity contribution in [1.82, 2.24) is 4.90 Å². The molecule has 1 aromatic carbocycles. The maximum Gasteiger partial charge on any atom is 0.387 e. The second-order valence-corrected chi connectivity index (χ2v) is 9.71. The fourth-order valence-electron chi connectivity index (χ4n) is 4.30. The number of hydrogen-bond donors (Lipinski definition) is 0. The van der Waals surface area contributed by atoms with Crippen molar-refractivity contribution in [3.05, 3.63) is 23.3 Å². The second-order valence-electron chi connectivity index (χ2n) is 9.71. The first-order valence-corrected chi connectivity index (χ1v) is 14.6. The van der Waals surface area contributed by atoms with Gasteiger partial charge in [0.05, 0.1) is 6.54 Å². The molecule has 2 fully saturated rings. The first-order valence-electron chi connectivity index (χ1n) is 14.6. The smallest absolute Gasteiger partial charge is 0.387 e. The quantitative estimate of drug-likeness (QED) is 0.295. The van der Waals surface area contributed by atoms with Crippen LogP contribution in [0.5, 0.6) is 5.75 Å². The third kappa shape index (κ3) is 13.5. The summed E-state index contributed by atoms with van der Waals surface area (Å²) in [4.78, 5) is 29.8. The lowest BCUT2D eigenvalue weighted by Crippen LogP contribution is -2.39. The molecule has 2 aliphatic carbocycles. The maximum absolute atomic E-state index is 12.9.